The van der Waals surface area contributed by atoms with Gasteiger partial charge in [-0.15, -0.1) is 11.3 Å². The first-order valence-corrected chi connectivity index (χ1v) is 6.54. The molecule has 0 atom stereocenters. The van der Waals surface area contributed by atoms with Gasteiger partial charge in [0.25, 0.3) is 0 Å². The minimum absolute atomic E-state index is 0. The van der Waals surface area contributed by atoms with Gasteiger partial charge in [0.2, 0.25) is 0 Å². The number of ether oxygens (including phenoxy) is 2. The van der Waals surface area contributed by atoms with E-state index in [1.807, 2.05) is 30.8 Å². The third-order valence-electron chi connectivity index (χ3n) is 2.73. The molecule has 1 aliphatic rings. The molecule has 1 aliphatic heterocycles. The van der Waals surface area contributed by atoms with Crippen molar-refractivity contribution in [2.75, 3.05) is 13.7 Å². The number of methoxy groups -OCH3 is 1. The molecule has 2 heterocycles. The third kappa shape index (κ3) is 2.21. The minimum atomic E-state index is 0. The van der Waals surface area contributed by atoms with E-state index < -0.39 is 0 Å². The molecule has 0 unspecified atom stereocenters. The van der Waals surface area contributed by atoms with E-state index in [-0.39, 0.29) is 7.43 Å². The number of nitrogens with zero attached hydrogens (tertiary/aromatic N) is 2. The lowest BCUT2D eigenvalue weighted by molar-refractivity contribution is 0.311. The fraction of sp³-hybridized carbons (Fsp3) is 0.286. The zero-order valence-corrected chi connectivity index (χ0v) is 11.0. The Morgan fingerprint density at radius 2 is 2.11 bits per heavy atom. The molecule has 5 heteroatoms. The number of rotatable bonds is 4. The van der Waals surface area contributed by atoms with Crippen molar-refractivity contribution in [3.05, 3.63) is 34.3 Å². The number of aromatic nitrogens is 1. The molecule has 0 fully saturated rings. The number of benzene rings is 1. The number of aliphatic imine (C=N–C) groups is 1. The Bertz CT molecular complexity index is 606. The zero-order valence-electron chi connectivity index (χ0n) is 10.1. The van der Waals surface area contributed by atoms with Gasteiger partial charge in [-0.05, 0) is 13.0 Å². The molecule has 2 aromatic rings. The monoisotopic (exact) mass is 276 g/mol. The Balaban J connectivity index is 0.00000133. The van der Waals surface area contributed by atoms with Crippen molar-refractivity contribution in [1.29, 1.82) is 0 Å². The second-order valence-corrected chi connectivity index (χ2v) is 4.67. The Hall–Kier alpha value is -1.88. The summed E-state index contributed by atoms with van der Waals surface area (Å²) in [6, 6.07) is 3.89. The van der Waals surface area contributed by atoms with Gasteiger partial charge >= 0.3 is 0 Å². The maximum absolute atomic E-state index is 5.57. The maximum atomic E-state index is 5.57. The molecule has 19 heavy (non-hydrogen) atoms. The molecule has 0 bridgehead atoms. The summed E-state index contributed by atoms with van der Waals surface area (Å²) >= 11 is 1.59. The van der Waals surface area contributed by atoms with Crippen molar-refractivity contribution in [1.82, 2.24) is 4.98 Å². The van der Waals surface area contributed by atoms with Crippen LogP contribution in [0.4, 0.5) is 5.69 Å². The molecule has 100 valence electrons. The lowest BCUT2D eigenvalue weighted by atomic mass is 10.0. The Kier molecular flexibility index (Phi) is 3.85. The molecule has 1 aromatic heterocycles. The van der Waals surface area contributed by atoms with Gasteiger partial charge < -0.3 is 9.47 Å². The van der Waals surface area contributed by atoms with Crippen LogP contribution < -0.4 is 9.47 Å². The van der Waals surface area contributed by atoms with E-state index in [9.17, 15) is 0 Å². The largest absolute Gasteiger partial charge is 0.493 e. The molecule has 1 aromatic carbocycles. The summed E-state index contributed by atoms with van der Waals surface area (Å²) in [6.07, 6.45) is 1.83. The van der Waals surface area contributed by atoms with Gasteiger partial charge in [0.15, 0.2) is 11.5 Å². The smallest absolute Gasteiger partial charge is 0.162 e. The van der Waals surface area contributed by atoms with Crippen LogP contribution in [0, 0.1) is 0 Å². The molecule has 0 spiro atoms. The minimum Gasteiger partial charge on any atom is -0.493 e. The van der Waals surface area contributed by atoms with E-state index in [2.05, 4.69) is 9.98 Å². The second kappa shape index (κ2) is 5.40. The topological polar surface area (TPSA) is 43.7 Å². The van der Waals surface area contributed by atoms with Crippen LogP contribution in [0.1, 0.15) is 24.8 Å². The zero-order chi connectivity index (χ0) is 12.5. The van der Waals surface area contributed by atoms with Crippen molar-refractivity contribution in [3.63, 3.8) is 0 Å². The van der Waals surface area contributed by atoms with E-state index in [4.69, 9.17) is 9.47 Å². The lowest BCUT2D eigenvalue weighted by Gasteiger charge is -2.20. The van der Waals surface area contributed by atoms with Crippen LogP contribution in [0.5, 0.6) is 11.5 Å². The Labute approximate surface area is 116 Å². The summed E-state index contributed by atoms with van der Waals surface area (Å²) in [5.74, 6) is 1.48. The molecule has 0 saturated carbocycles. The van der Waals surface area contributed by atoms with E-state index in [0.717, 1.165) is 33.3 Å². The predicted octanol–water partition coefficient (Wildman–Crippen LogP) is 3.67. The SMILES string of the molecule is C.CCOc1cc2c(cc1OC)N=C2c1cncs1. The molecular weight excluding hydrogens is 260 g/mol. The average molecular weight is 276 g/mol. The normalized spacial score (nSPS) is 11.8. The van der Waals surface area contributed by atoms with Crippen LogP contribution in [0.3, 0.4) is 0 Å². The highest BCUT2D eigenvalue weighted by Gasteiger charge is 2.24. The second-order valence-electron chi connectivity index (χ2n) is 3.78. The van der Waals surface area contributed by atoms with Crippen molar-refractivity contribution < 1.29 is 9.47 Å². The molecule has 0 aliphatic carbocycles. The fourth-order valence-electron chi connectivity index (χ4n) is 1.91. The molecule has 0 N–H and O–H groups in total. The van der Waals surface area contributed by atoms with Crippen molar-refractivity contribution in [2.24, 2.45) is 4.99 Å². The van der Waals surface area contributed by atoms with Gasteiger partial charge in [-0.25, -0.2) is 4.99 Å². The van der Waals surface area contributed by atoms with Crippen LogP contribution in [0.25, 0.3) is 0 Å². The quantitative estimate of drug-likeness (QED) is 0.730. The van der Waals surface area contributed by atoms with Crippen LogP contribution >= 0.6 is 11.3 Å². The van der Waals surface area contributed by atoms with Gasteiger partial charge in [0.1, 0.15) is 0 Å². The van der Waals surface area contributed by atoms with Gasteiger partial charge in [0.05, 0.1) is 35.5 Å². The first-order valence-electron chi connectivity index (χ1n) is 5.66. The Morgan fingerprint density at radius 3 is 2.74 bits per heavy atom. The Morgan fingerprint density at radius 1 is 1.26 bits per heavy atom. The lowest BCUT2D eigenvalue weighted by Crippen LogP contribution is -2.10. The summed E-state index contributed by atoms with van der Waals surface area (Å²) in [6.45, 7) is 2.57. The highest BCUT2D eigenvalue weighted by molar-refractivity contribution is 7.12. The highest BCUT2D eigenvalue weighted by atomic mass is 32.1. The van der Waals surface area contributed by atoms with Crippen molar-refractivity contribution in [3.8, 4) is 11.5 Å². The van der Waals surface area contributed by atoms with Crippen LogP contribution in [-0.4, -0.2) is 24.4 Å². The number of hydrogen-bond acceptors (Lipinski definition) is 5. The molecule has 3 rings (SSSR count). The third-order valence-corrected chi connectivity index (χ3v) is 3.51. The van der Waals surface area contributed by atoms with Crippen molar-refractivity contribution >= 4 is 22.7 Å². The van der Waals surface area contributed by atoms with Crippen LogP contribution in [0.15, 0.2) is 28.8 Å². The fourth-order valence-corrected chi connectivity index (χ4v) is 2.53. The van der Waals surface area contributed by atoms with Gasteiger partial charge in [-0.3, -0.25) is 4.98 Å². The molecular formula is C14H16N2O2S. The molecule has 0 radical (unpaired) electrons. The van der Waals surface area contributed by atoms with E-state index >= 15 is 0 Å². The number of fused-ring (bicyclic) bond motifs is 1. The van der Waals surface area contributed by atoms with E-state index in [1.165, 1.54) is 0 Å². The molecule has 0 amide bonds. The van der Waals surface area contributed by atoms with Gasteiger partial charge in [-0.2, -0.15) is 0 Å². The molecule has 4 nitrogen and oxygen atoms in total. The van der Waals surface area contributed by atoms with Crippen LogP contribution in [0.2, 0.25) is 0 Å². The predicted molar refractivity (Wildman–Crippen MR) is 78.3 cm³/mol. The van der Waals surface area contributed by atoms with E-state index in [1.54, 1.807) is 18.4 Å². The summed E-state index contributed by atoms with van der Waals surface area (Å²) in [5.41, 5.74) is 4.83. The molecule has 0 saturated heterocycles. The van der Waals surface area contributed by atoms with E-state index in [0.29, 0.717) is 6.61 Å². The average Bonchev–Trinajstić information content (AvgIpc) is 2.87. The summed E-state index contributed by atoms with van der Waals surface area (Å²) in [7, 11) is 1.64. The van der Waals surface area contributed by atoms with Gasteiger partial charge in [0, 0.05) is 17.8 Å². The van der Waals surface area contributed by atoms with Crippen LogP contribution in [-0.2, 0) is 0 Å². The first kappa shape index (κ1) is 13.5. The van der Waals surface area contributed by atoms with Gasteiger partial charge in [-0.1, -0.05) is 7.43 Å². The summed E-state index contributed by atoms with van der Waals surface area (Å²) < 4.78 is 10.9. The maximum Gasteiger partial charge on any atom is 0.162 e. The highest BCUT2D eigenvalue weighted by Crippen LogP contribution is 2.41. The summed E-state index contributed by atoms with van der Waals surface area (Å²) in [5, 5.41) is 0. The standard InChI is InChI=1S/C13H12N2O2S.CH4/c1-3-17-11-4-8-9(5-10(11)16-2)15-13(8)12-6-14-7-18-12;/h4-7H,3H2,1-2H3;1H4. The first-order chi connectivity index (χ1) is 8.83. The number of hydrogen-bond donors (Lipinski definition) is 0. The number of thiazole rings is 1. The van der Waals surface area contributed by atoms with Crippen molar-refractivity contribution in [2.45, 2.75) is 14.4 Å². The summed E-state index contributed by atoms with van der Waals surface area (Å²) in [4.78, 5) is 9.64.